The Balaban J connectivity index is 2.51. The van der Waals surface area contributed by atoms with E-state index in [9.17, 15) is 0 Å². The lowest BCUT2D eigenvalue weighted by atomic mass is 9.82. The summed E-state index contributed by atoms with van der Waals surface area (Å²) in [5.41, 5.74) is 0. The fourth-order valence-corrected chi connectivity index (χ4v) is 3.54. The molecule has 1 nitrogen and oxygen atoms in total. The Bertz CT molecular complexity index is 202. The molecule has 1 fully saturated rings. The summed E-state index contributed by atoms with van der Waals surface area (Å²) >= 11 is 0. The van der Waals surface area contributed by atoms with Crippen molar-refractivity contribution in [2.24, 2.45) is 17.8 Å². The molecule has 108 valence electrons. The van der Waals surface area contributed by atoms with Crippen LogP contribution < -0.4 is 0 Å². The molecule has 3 atom stereocenters. The van der Waals surface area contributed by atoms with Gasteiger partial charge in [-0.1, -0.05) is 65.7 Å². The van der Waals surface area contributed by atoms with E-state index in [4.69, 9.17) is 0 Å². The van der Waals surface area contributed by atoms with Gasteiger partial charge in [-0.2, -0.15) is 0 Å². The normalized spacial score (nSPS) is 32.3. The van der Waals surface area contributed by atoms with Gasteiger partial charge in [0.1, 0.15) is 0 Å². The summed E-state index contributed by atoms with van der Waals surface area (Å²) in [4.78, 5) is 2.58. The van der Waals surface area contributed by atoms with Crippen molar-refractivity contribution in [1.82, 2.24) is 4.90 Å². The molecule has 0 spiro atoms. The lowest BCUT2D eigenvalue weighted by molar-refractivity contribution is 0.184. The predicted molar refractivity (Wildman–Crippen MR) is 81.9 cm³/mol. The van der Waals surface area contributed by atoms with E-state index in [2.05, 4.69) is 32.7 Å². The molecule has 0 saturated carbocycles. The van der Waals surface area contributed by atoms with E-state index in [0.29, 0.717) is 0 Å². The Hall–Kier alpha value is -0.0400. The van der Waals surface area contributed by atoms with Crippen molar-refractivity contribution < 1.29 is 0 Å². The average molecular weight is 253 g/mol. The molecule has 0 aromatic heterocycles. The van der Waals surface area contributed by atoms with Gasteiger partial charge in [0, 0.05) is 6.54 Å². The molecule has 1 saturated heterocycles. The van der Waals surface area contributed by atoms with Crippen LogP contribution in [-0.2, 0) is 0 Å². The molecule has 1 aliphatic rings. The third-order valence-electron chi connectivity index (χ3n) is 5.02. The molecule has 0 amide bonds. The van der Waals surface area contributed by atoms with E-state index >= 15 is 0 Å². The van der Waals surface area contributed by atoms with Crippen LogP contribution in [0.1, 0.15) is 72.1 Å². The predicted octanol–water partition coefficient (Wildman–Crippen LogP) is 4.96. The minimum atomic E-state index is 0.889. The van der Waals surface area contributed by atoms with Gasteiger partial charge in [0.25, 0.3) is 0 Å². The maximum atomic E-state index is 2.58. The number of hydrogen-bond acceptors (Lipinski definition) is 1. The molecule has 3 unspecified atom stereocenters. The van der Waals surface area contributed by atoms with Gasteiger partial charge in [0.2, 0.25) is 0 Å². The molecule has 0 aromatic carbocycles. The largest absolute Gasteiger partial charge is 0.306 e. The number of unbranched alkanes of at least 4 members (excludes halogenated alkanes) is 1. The van der Waals surface area contributed by atoms with E-state index < -0.39 is 0 Å². The maximum Gasteiger partial charge on any atom is 0.000662 e. The van der Waals surface area contributed by atoms with E-state index in [1.54, 1.807) is 0 Å². The van der Waals surface area contributed by atoms with Crippen LogP contribution in [0.15, 0.2) is 0 Å². The zero-order chi connectivity index (χ0) is 13.4. The van der Waals surface area contributed by atoms with Crippen molar-refractivity contribution in [2.45, 2.75) is 72.1 Å². The van der Waals surface area contributed by atoms with E-state index in [0.717, 1.165) is 17.8 Å². The topological polar surface area (TPSA) is 3.24 Å². The van der Waals surface area contributed by atoms with Crippen molar-refractivity contribution in [3.05, 3.63) is 0 Å². The molecule has 0 N–H and O–H groups in total. The summed E-state index contributed by atoms with van der Waals surface area (Å²) in [6, 6.07) is 0. The Labute approximate surface area is 115 Å². The molecule has 1 heteroatoms. The highest BCUT2D eigenvalue weighted by molar-refractivity contribution is 4.73. The summed E-state index contributed by atoms with van der Waals surface area (Å²) in [6.45, 7) is 9.79. The first-order chi connectivity index (χ1) is 8.67. The summed E-state index contributed by atoms with van der Waals surface area (Å²) in [5, 5.41) is 0. The SMILES string of the molecule is CCCCC1CCCC(CC)CCN(C)CC1C. The third-order valence-corrected chi connectivity index (χ3v) is 5.02. The van der Waals surface area contributed by atoms with Crippen LogP contribution in [0.4, 0.5) is 0 Å². The van der Waals surface area contributed by atoms with Crippen LogP contribution in [-0.4, -0.2) is 25.0 Å². The summed E-state index contributed by atoms with van der Waals surface area (Å²) in [5.74, 6) is 2.84. The second kappa shape index (κ2) is 8.96. The van der Waals surface area contributed by atoms with Crippen molar-refractivity contribution in [3.8, 4) is 0 Å². The van der Waals surface area contributed by atoms with Gasteiger partial charge < -0.3 is 4.90 Å². The molecule has 0 bridgehead atoms. The number of nitrogens with zero attached hydrogens (tertiary/aromatic N) is 1. The van der Waals surface area contributed by atoms with Crippen molar-refractivity contribution >= 4 is 0 Å². The molecule has 0 aromatic rings. The Morgan fingerprint density at radius 2 is 1.89 bits per heavy atom. The van der Waals surface area contributed by atoms with E-state index in [1.807, 2.05) is 0 Å². The quantitative estimate of drug-likeness (QED) is 0.684. The van der Waals surface area contributed by atoms with Crippen LogP contribution >= 0.6 is 0 Å². The Morgan fingerprint density at radius 3 is 2.56 bits per heavy atom. The molecule has 1 aliphatic heterocycles. The maximum absolute atomic E-state index is 2.58. The van der Waals surface area contributed by atoms with Gasteiger partial charge in [-0.3, -0.25) is 0 Å². The first kappa shape index (κ1) is 16.0. The van der Waals surface area contributed by atoms with Gasteiger partial charge >= 0.3 is 0 Å². The van der Waals surface area contributed by atoms with E-state index in [1.165, 1.54) is 64.5 Å². The second-order valence-electron chi connectivity index (χ2n) is 6.64. The van der Waals surface area contributed by atoms with Gasteiger partial charge in [-0.25, -0.2) is 0 Å². The first-order valence-electron chi connectivity index (χ1n) is 8.35. The van der Waals surface area contributed by atoms with Gasteiger partial charge in [0.05, 0.1) is 0 Å². The van der Waals surface area contributed by atoms with Crippen LogP contribution in [0.25, 0.3) is 0 Å². The Morgan fingerprint density at radius 1 is 1.11 bits per heavy atom. The van der Waals surface area contributed by atoms with E-state index in [-0.39, 0.29) is 0 Å². The zero-order valence-electron chi connectivity index (χ0n) is 13.3. The van der Waals surface area contributed by atoms with Gasteiger partial charge in [0.15, 0.2) is 0 Å². The van der Waals surface area contributed by atoms with Crippen LogP contribution in [0, 0.1) is 17.8 Å². The fraction of sp³-hybridized carbons (Fsp3) is 1.00. The van der Waals surface area contributed by atoms with Crippen LogP contribution in [0.3, 0.4) is 0 Å². The highest BCUT2D eigenvalue weighted by Crippen LogP contribution is 2.28. The number of hydrogen-bond donors (Lipinski definition) is 0. The smallest absolute Gasteiger partial charge is 0.000662 e. The summed E-state index contributed by atoms with van der Waals surface area (Å²) < 4.78 is 0. The molecule has 1 rings (SSSR count). The third kappa shape index (κ3) is 5.73. The van der Waals surface area contributed by atoms with Gasteiger partial charge in [-0.15, -0.1) is 0 Å². The minimum Gasteiger partial charge on any atom is -0.306 e. The number of rotatable bonds is 4. The molecular formula is C17H35N. The minimum absolute atomic E-state index is 0.889. The molecule has 0 radical (unpaired) electrons. The molecule has 0 aliphatic carbocycles. The molecule has 18 heavy (non-hydrogen) atoms. The lowest BCUT2D eigenvalue weighted by Gasteiger charge is -2.31. The summed E-state index contributed by atoms with van der Waals surface area (Å²) in [7, 11) is 2.32. The highest BCUT2D eigenvalue weighted by atomic mass is 15.1. The van der Waals surface area contributed by atoms with Crippen LogP contribution in [0.2, 0.25) is 0 Å². The monoisotopic (exact) mass is 253 g/mol. The Kier molecular flexibility index (Phi) is 7.97. The second-order valence-corrected chi connectivity index (χ2v) is 6.64. The van der Waals surface area contributed by atoms with Crippen LogP contribution in [0.5, 0.6) is 0 Å². The van der Waals surface area contributed by atoms with Crippen molar-refractivity contribution in [3.63, 3.8) is 0 Å². The van der Waals surface area contributed by atoms with Crippen molar-refractivity contribution in [2.75, 3.05) is 20.1 Å². The molecule has 1 heterocycles. The summed E-state index contributed by atoms with van der Waals surface area (Å²) in [6.07, 6.45) is 11.5. The lowest BCUT2D eigenvalue weighted by Crippen LogP contribution is -2.31. The highest BCUT2D eigenvalue weighted by Gasteiger charge is 2.20. The first-order valence-corrected chi connectivity index (χ1v) is 8.35. The average Bonchev–Trinajstić information content (AvgIpc) is 2.36. The fourth-order valence-electron chi connectivity index (χ4n) is 3.54. The van der Waals surface area contributed by atoms with Gasteiger partial charge in [-0.05, 0) is 37.8 Å². The van der Waals surface area contributed by atoms with Crippen molar-refractivity contribution in [1.29, 1.82) is 0 Å². The zero-order valence-corrected chi connectivity index (χ0v) is 13.3. The standard InChI is InChI=1S/C17H35N/c1-5-7-10-17-11-8-9-16(6-2)12-13-18(4)14-15(17)3/h15-17H,5-14H2,1-4H3. The molecular weight excluding hydrogens is 218 g/mol.